The third-order valence-corrected chi connectivity index (χ3v) is 2.18. The molecule has 4 N–H and O–H groups in total. The summed E-state index contributed by atoms with van der Waals surface area (Å²) >= 11 is 0. The molecule has 6 heteroatoms. The van der Waals surface area contributed by atoms with Gasteiger partial charge < -0.3 is 20.7 Å². The van der Waals surface area contributed by atoms with Crippen molar-refractivity contribution in [3.63, 3.8) is 0 Å². The Bertz CT molecular complexity index is 380. The molecule has 19 heavy (non-hydrogen) atoms. The van der Waals surface area contributed by atoms with Crippen LogP contribution in [0.25, 0.3) is 0 Å². The fraction of sp³-hybridized carbons (Fsp3) is 0.385. The first kappa shape index (κ1) is 17.1. The minimum atomic E-state index is -1.07. The number of ether oxygens (including phenoxy) is 1. The van der Waals surface area contributed by atoms with Crippen LogP contribution in [0.5, 0.6) is 0 Å². The zero-order chi connectivity index (χ0) is 14.7. The van der Waals surface area contributed by atoms with Gasteiger partial charge in [-0.2, -0.15) is 0 Å². The van der Waals surface area contributed by atoms with Crippen molar-refractivity contribution in [1.82, 2.24) is 0 Å². The molecule has 0 aliphatic carbocycles. The summed E-state index contributed by atoms with van der Waals surface area (Å²) in [5, 5.41) is 16.2. The molecule has 0 saturated carbocycles. The van der Waals surface area contributed by atoms with Gasteiger partial charge in [0.15, 0.2) is 0 Å². The van der Waals surface area contributed by atoms with Gasteiger partial charge in [0.05, 0.1) is 13.5 Å². The number of aliphatic hydroxyl groups excluding tert-OH is 1. The van der Waals surface area contributed by atoms with Crippen LogP contribution in [0.1, 0.15) is 12.0 Å². The Kier molecular flexibility index (Phi) is 9.03. The van der Waals surface area contributed by atoms with Gasteiger partial charge >= 0.3 is 11.9 Å². The molecular weight excluding hydrogens is 250 g/mol. The monoisotopic (exact) mass is 269 g/mol. The highest BCUT2D eigenvalue weighted by Gasteiger charge is 2.08. The Hall–Kier alpha value is -1.92. The third-order valence-electron chi connectivity index (χ3n) is 2.18. The number of carboxylic acids is 1. The third kappa shape index (κ3) is 8.76. The zero-order valence-electron chi connectivity index (χ0n) is 10.8. The molecule has 106 valence electrons. The van der Waals surface area contributed by atoms with Crippen LogP contribution in [0, 0.1) is 0 Å². The van der Waals surface area contributed by atoms with Gasteiger partial charge in [0, 0.05) is 6.61 Å². The maximum Gasteiger partial charge on any atom is 0.320 e. The second kappa shape index (κ2) is 10.0. The number of rotatable bonds is 5. The van der Waals surface area contributed by atoms with E-state index >= 15 is 0 Å². The average molecular weight is 269 g/mol. The van der Waals surface area contributed by atoms with Crippen molar-refractivity contribution < 1.29 is 24.5 Å². The van der Waals surface area contributed by atoms with E-state index in [-0.39, 0.29) is 19.0 Å². The predicted molar refractivity (Wildman–Crippen MR) is 69.5 cm³/mol. The molecule has 1 aromatic carbocycles. The molecule has 1 rings (SSSR count). The number of hydrogen-bond acceptors (Lipinski definition) is 5. The van der Waals surface area contributed by atoms with Crippen LogP contribution in [0.3, 0.4) is 0 Å². The highest BCUT2D eigenvalue weighted by Crippen LogP contribution is 1.99. The number of hydrogen-bond donors (Lipinski definition) is 3. The molecular formula is C13H19NO5. The van der Waals surface area contributed by atoms with Crippen molar-refractivity contribution >= 4 is 11.9 Å². The smallest absolute Gasteiger partial charge is 0.320 e. The molecule has 0 saturated heterocycles. The summed E-state index contributed by atoms with van der Waals surface area (Å²) in [4.78, 5) is 20.6. The van der Waals surface area contributed by atoms with E-state index in [0.29, 0.717) is 6.42 Å². The van der Waals surface area contributed by atoms with E-state index < -0.39 is 12.0 Å². The Morgan fingerprint density at radius 1 is 1.32 bits per heavy atom. The van der Waals surface area contributed by atoms with Gasteiger partial charge in [-0.3, -0.25) is 9.59 Å². The van der Waals surface area contributed by atoms with Gasteiger partial charge in [0.1, 0.15) is 6.04 Å². The van der Waals surface area contributed by atoms with Crippen molar-refractivity contribution in [2.24, 2.45) is 5.73 Å². The highest BCUT2D eigenvalue weighted by atomic mass is 16.5. The standard InChI is InChI=1S/C9H10O2.C4H9NO3/c1-11-9(10)7-8-5-3-2-4-6-8;5-3(1-2-6)4(7)8/h2-6H,7H2,1H3;3,6H,1-2,5H2,(H,7,8)/t;3-/m.0/s1. The lowest BCUT2D eigenvalue weighted by molar-refractivity contribution is -0.140. The van der Waals surface area contributed by atoms with E-state index in [1.54, 1.807) is 0 Å². The molecule has 0 aliphatic rings. The first-order valence-corrected chi connectivity index (χ1v) is 5.71. The quantitative estimate of drug-likeness (QED) is 0.658. The molecule has 0 heterocycles. The second-order valence-electron chi connectivity index (χ2n) is 3.70. The Morgan fingerprint density at radius 3 is 2.26 bits per heavy atom. The number of nitrogens with two attached hydrogens (primary N) is 1. The van der Waals surface area contributed by atoms with E-state index in [9.17, 15) is 9.59 Å². The van der Waals surface area contributed by atoms with E-state index in [0.717, 1.165) is 5.56 Å². The van der Waals surface area contributed by atoms with Crippen molar-refractivity contribution in [3.05, 3.63) is 35.9 Å². The second-order valence-corrected chi connectivity index (χ2v) is 3.70. The molecule has 0 spiro atoms. The van der Waals surface area contributed by atoms with Crippen LogP contribution in [-0.4, -0.2) is 41.9 Å². The summed E-state index contributed by atoms with van der Waals surface area (Å²) in [5.74, 6) is -1.27. The molecule has 0 fully saturated rings. The SMILES string of the molecule is COC(=O)Cc1ccccc1.N[C@@H](CCO)C(=O)O. The maximum absolute atomic E-state index is 10.8. The molecule has 0 amide bonds. The van der Waals surface area contributed by atoms with E-state index in [1.165, 1.54) is 7.11 Å². The Balaban J connectivity index is 0.000000362. The number of methoxy groups -OCH3 is 1. The van der Waals surface area contributed by atoms with Crippen molar-refractivity contribution in [1.29, 1.82) is 0 Å². The number of esters is 1. The van der Waals surface area contributed by atoms with Crippen LogP contribution in [0.15, 0.2) is 30.3 Å². The number of carbonyl (C=O) groups is 2. The number of carboxylic acid groups (broad SMARTS) is 1. The Labute approximate surface area is 111 Å². The van der Waals surface area contributed by atoms with E-state index in [1.807, 2.05) is 30.3 Å². The molecule has 0 bridgehead atoms. The number of carbonyl (C=O) groups excluding carboxylic acids is 1. The van der Waals surface area contributed by atoms with Crippen molar-refractivity contribution in [3.8, 4) is 0 Å². The summed E-state index contributed by atoms with van der Waals surface area (Å²) < 4.78 is 4.52. The van der Waals surface area contributed by atoms with Gasteiger partial charge in [0.2, 0.25) is 0 Å². The lowest BCUT2D eigenvalue weighted by Gasteiger charge is -2.00. The molecule has 6 nitrogen and oxygen atoms in total. The largest absolute Gasteiger partial charge is 0.480 e. The minimum Gasteiger partial charge on any atom is -0.480 e. The zero-order valence-corrected chi connectivity index (χ0v) is 10.8. The summed E-state index contributed by atoms with van der Waals surface area (Å²) in [7, 11) is 1.39. The lowest BCUT2D eigenvalue weighted by atomic mass is 10.2. The predicted octanol–water partition coefficient (Wildman–Crippen LogP) is 0.183. The molecule has 0 radical (unpaired) electrons. The first-order chi connectivity index (χ1) is 9.01. The average Bonchev–Trinajstić information content (AvgIpc) is 2.40. The van der Waals surface area contributed by atoms with Crippen LogP contribution in [-0.2, 0) is 20.7 Å². The number of aliphatic carboxylic acids is 1. The van der Waals surface area contributed by atoms with E-state index in [4.69, 9.17) is 15.9 Å². The Morgan fingerprint density at radius 2 is 1.89 bits per heavy atom. The highest BCUT2D eigenvalue weighted by molar-refractivity contribution is 5.73. The van der Waals surface area contributed by atoms with Crippen molar-refractivity contribution in [2.45, 2.75) is 18.9 Å². The van der Waals surface area contributed by atoms with Gasteiger partial charge in [-0.25, -0.2) is 0 Å². The molecule has 0 unspecified atom stereocenters. The molecule has 1 aromatic rings. The first-order valence-electron chi connectivity index (χ1n) is 5.71. The number of benzene rings is 1. The van der Waals surface area contributed by atoms with Crippen LogP contribution >= 0.6 is 0 Å². The summed E-state index contributed by atoms with van der Waals surface area (Å²) in [5.41, 5.74) is 5.95. The fourth-order valence-corrected chi connectivity index (χ4v) is 1.10. The topological polar surface area (TPSA) is 110 Å². The van der Waals surface area contributed by atoms with Gasteiger partial charge in [-0.1, -0.05) is 30.3 Å². The van der Waals surface area contributed by atoms with Crippen molar-refractivity contribution in [2.75, 3.05) is 13.7 Å². The van der Waals surface area contributed by atoms with Gasteiger partial charge in [-0.15, -0.1) is 0 Å². The summed E-state index contributed by atoms with van der Waals surface area (Å²) in [6.45, 7) is -0.173. The molecule has 0 aromatic heterocycles. The molecule has 1 atom stereocenters. The molecule has 0 aliphatic heterocycles. The van der Waals surface area contributed by atoms with Crippen LogP contribution in [0.4, 0.5) is 0 Å². The van der Waals surface area contributed by atoms with Gasteiger partial charge in [-0.05, 0) is 12.0 Å². The minimum absolute atomic E-state index is 0.120. The fourth-order valence-electron chi connectivity index (χ4n) is 1.10. The number of aliphatic hydroxyl groups is 1. The summed E-state index contributed by atoms with van der Waals surface area (Å²) in [6, 6.07) is 8.60. The lowest BCUT2D eigenvalue weighted by Crippen LogP contribution is -2.30. The van der Waals surface area contributed by atoms with E-state index in [2.05, 4.69) is 4.74 Å². The van der Waals surface area contributed by atoms with Gasteiger partial charge in [0.25, 0.3) is 0 Å². The van der Waals surface area contributed by atoms with Crippen LogP contribution in [0.2, 0.25) is 0 Å². The maximum atomic E-state index is 10.8. The normalized spacial score (nSPS) is 10.9. The summed E-state index contributed by atoms with van der Waals surface area (Å²) in [6.07, 6.45) is 0.479. The van der Waals surface area contributed by atoms with Crippen LogP contribution < -0.4 is 5.73 Å².